The van der Waals surface area contributed by atoms with Gasteiger partial charge in [0.15, 0.2) is 0 Å². The van der Waals surface area contributed by atoms with E-state index in [1.807, 2.05) is 49.4 Å². The molecule has 0 fully saturated rings. The molecule has 2 aromatic carbocycles. The van der Waals surface area contributed by atoms with Crippen molar-refractivity contribution in [1.82, 2.24) is 0 Å². The third-order valence-electron chi connectivity index (χ3n) is 4.62. The molecule has 2 rings (SSSR count). The molecule has 1 N–H and O–H groups in total. The largest absolute Gasteiger partial charge is 0.372 e. The van der Waals surface area contributed by atoms with E-state index >= 15 is 0 Å². The second-order valence-electron chi connectivity index (χ2n) is 6.48. The molecule has 0 heterocycles. The van der Waals surface area contributed by atoms with Gasteiger partial charge in [-0.25, -0.2) is 0 Å². The zero-order valence-corrected chi connectivity index (χ0v) is 16.7. The van der Waals surface area contributed by atoms with Gasteiger partial charge in [-0.15, -0.1) is 0 Å². The van der Waals surface area contributed by atoms with Gasteiger partial charge >= 0.3 is 0 Å². The Labute approximate surface area is 162 Å². The molecule has 0 saturated carbocycles. The highest BCUT2D eigenvalue weighted by atomic mass is 16.2. The highest BCUT2D eigenvalue weighted by Crippen LogP contribution is 2.23. The number of benzene rings is 2. The minimum absolute atomic E-state index is 0.0752. The Morgan fingerprint density at radius 3 is 2.19 bits per heavy atom. The van der Waals surface area contributed by atoms with Crippen molar-refractivity contribution in [2.24, 2.45) is 0 Å². The van der Waals surface area contributed by atoms with Crippen LogP contribution in [0.15, 0.2) is 48.5 Å². The van der Waals surface area contributed by atoms with Crippen molar-refractivity contribution in [2.75, 3.05) is 34.8 Å². The summed E-state index contributed by atoms with van der Waals surface area (Å²) in [5.74, 6) is -0.176. The number of carbonyl (C=O) groups excluding carboxylic acids is 2. The maximum absolute atomic E-state index is 12.4. The summed E-state index contributed by atoms with van der Waals surface area (Å²) in [7, 11) is 0. The van der Waals surface area contributed by atoms with E-state index in [1.54, 1.807) is 4.90 Å². The number of nitrogens with one attached hydrogen (secondary N) is 1. The summed E-state index contributed by atoms with van der Waals surface area (Å²) in [5, 5.41) is 2.96. The van der Waals surface area contributed by atoms with E-state index in [0.29, 0.717) is 6.54 Å². The Kier molecular flexibility index (Phi) is 7.41. The van der Waals surface area contributed by atoms with E-state index in [9.17, 15) is 9.59 Å². The fourth-order valence-corrected chi connectivity index (χ4v) is 3.08. The predicted octanol–water partition coefficient (Wildman–Crippen LogP) is 4.22. The van der Waals surface area contributed by atoms with Crippen LogP contribution >= 0.6 is 0 Å². The standard InChI is InChI=1S/C22H29N3O2/c1-5-24(6-2)20-12-13-21(17(3)16-20)23-22(27)14-15-25(18(4)26)19-10-8-7-9-11-19/h7-13,16H,5-6,14-15H2,1-4H3,(H,23,27). The van der Waals surface area contributed by atoms with Gasteiger partial charge in [0.1, 0.15) is 0 Å². The second-order valence-corrected chi connectivity index (χ2v) is 6.48. The molecule has 2 amide bonds. The Hall–Kier alpha value is -2.82. The molecule has 0 aliphatic rings. The predicted molar refractivity (Wildman–Crippen MR) is 112 cm³/mol. The SMILES string of the molecule is CCN(CC)c1ccc(NC(=O)CCN(C(C)=O)c2ccccc2)c(C)c1. The van der Waals surface area contributed by atoms with Gasteiger partial charge in [0.05, 0.1) is 0 Å². The molecule has 2 aromatic rings. The lowest BCUT2D eigenvalue weighted by atomic mass is 10.1. The van der Waals surface area contributed by atoms with Crippen LogP contribution in [-0.4, -0.2) is 31.4 Å². The number of carbonyl (C=O) groups is 2. The molecule has 0 aliphatic carbocycles. The minimum Gasteiger partial charge on any atom is -0.372 e. The fourth-order valence-electron chi connectivity index (χ4n) is 3.08. The van der Waals surface area contributed by atoms with Crippen molar-refractivity contribution in [2.45, 2.75) is 34.1 Å². The molecular weight excluding hydrogens is 338 g/mol. The average molecular weight is 367 g/mol. The normalized spacial score (nSPS) is 10.4. The minimum atomic E-state index is -0.101. The molecule has 27 heavy (non-hydrogen) atoms. The van der Waals surface area contributed by atoms with E-state index < -0.39 is 0 Å². The lowest BCUT2D eigenvalue weighted by molar-refractivity contribution is -0.117. The number of amides is 2. The van der Waals surface area contributed by atoms with Crippen molar-refractivity contribution in [3.8, 4) is 0 Å². The van der Waals surface area contributed by atoms with Crippen LogP contribution in [0.2, 0.25) is 0 Å². The number of anilines is 3. The molecule has 0 spiro atoms. The van der Waals surface area contributed by atoms with Crippen LogP contribution in [0.4, 0.5) is 17.1 Å². The molecular formula is C22H29N3O2. The first-order valence-electron chi connectivity index (χ1n) is 9.44. The average Bonchev–Trinajstić information content (AvgIpc) is 2.65. The van der Waals surface area contributed by atoms with Gasteiger partial charge in [0.25, 0.3) is 0 Å². The van der Waals surface area contributed by atoms with Gasteiger partial charge in [0.2, 0.25) is 11.8 Å². The maximum Gasteiger partial charge on any atom is 0.226 e. The molecule has 0 saturated heterocycles. The smallest absolute Gasteiger partial charge is 0.226 e. The molecule has 144 valence electrons. The molecule has 5 heteroatoms. The van der Waals surface area contributed by atoms with E-state index in [4.69, 9.17) is 0 Å². The third-order valence-corrected chi connectivity index (χ3v) is 4.62. The summed E-state index contributed by atoms with van der Waals surface area (Å²) in [5.41, 5.74) is 3.80. The van der Waals surface area contributed by atoms with Crippen LogP contribution in [0.25, 0.3) is 0 Å². The number of rotatable bonds is 8. The van der Waals surface area contributed by atoms with Gasteiger partial charge in [-0.1, -0.05) is 18.2 Å². The lowest BCUT2D eigenvalue weighted by Gasteiger charge is -2.23. The molecule has 0 unspecified atom stereocenters. The fraction of sp³-hybridized carbons (Fsp3) is 0.364. The number of hydrogen-bond donors (Lipinski definition) is 1. The molecule has 0 aromatic heterocycles. The molecule has 0 aliphatic heterocycles. The topological polar surface area (TPSA) is 52.7 Å². The molecule has 0 bridgehead atoms. The van der Waals surface area contributed by atoms with Crippen LogP contribution in [0.1, 0.15) is 32.8 Å². The quantitative estimate of drug-likeness (QED) is 0.760. The lowest BCUT2D eigenvalue weighted by Crippen LogP contribution is -2.32. The van der Waals surface area contributed by atoms with Crippen molar-refractivity contribution >= 4 is 28.9 Å². The first-order chi connectivity index (χ1) is 13.0. The van der Waals surface area contributed by atoms with Crippen LogP contribution in [0.5, 0.6) is 0 Å². The number of nitrogens with zero attached hydrogens (tertiary/aromatic N) is 2. The molecule has 0 radical (unpaired) electrons. The summed E-state index contributed by atoms with van der Waals surface area (Å²) in [6, 6.07) is 15.5. The summed E-state index contributed by atoms with van der Waals surface area (Å²) < 4.78 is 0. The summed E-state index contributed by atoms with van der Waals surface area (Å²) in [6.45, 7) is 10.0. The monoisotopic (exact) mass is 367 g/mol. The Morgan fingerprint density at radius 1 is 0.963 bits per heavy atom. The molecule has 0 atom stereocenters. The maximum atomic E-state index is 12.4. The van der Waals surface area contributed by atoms with Crippen LogP contribution in [0, 0.1) is 6.92 Å². The highest BCUT2D eigenvalue weighted by molar-refractivity contribution is 5.95. The van der Waals surface area contributed by atoms with Gasteiger partial charge in [0, 0.05) is 50.0 Å². The van der Waals surface area contributed by atoms with Crippen molar-refractivity contribution in [3.05, 3.63) is 54.1 Å². The van der Waals surface area contributed by atoms with Crippen molar-refractivity contribution in [3.63, 3.8) is 0 Å². The van der Waals surface area contributed by atoms with Crippen molar-refractivity contribution in [1.29, 1.82) is 0 Å². The summed E-state index contributed by atoms with van der Waals surface area (Å²) in [6.07, 6.45) is 0.242. The van der Waals surface area contributed by atoms with E-state index in [0.717, 1.165) is 35.7 Å². The zero-order valence-electron chi connectivity index (χ0n) is 16.7. The van der Waals surface area contributed by atoms with E-state index in [-0.39, 0.29) is 18.2 Å². The highest BCUT2D eigenvalue weighted by Gasteiger charge is 2.14. The van der Waals surface area contributed by atoms with Crippen molar-refractivity contribution < 1.29 is 9.59 Å². The number of aryl methyl sites for hydroxylation is 1. The first kappa shape index (κ1) is 20.5. The molecule has 5 nitrogen and oxygen atoms in total. The number of hydrogen-bond acceptors (Lipinski definition) is 3. The van der Waals surface area contributed by atoms with Crippen LogP contribution in [0.3, 0.4) is 0 Å². The summed E-state index contributed by atoms with van der Waals surface area (Å²) >= 11 is 0. The Balaban J connectivity index is 2.00. The first-order valence-corrected chi connectivity index (χ1v) is 9.44. The van der Waals surface area contributed by atoms with E-state index in [2.05, 4.69) is 30.1 Å². The van der Waals surface area contributed by atoms with Crippen LogP contribution < -0.4 is 15.1 Å². The van der Waals surface area contributed by atoms with Crippen LogP contribution in [-0.2, 0) is 9.59 Å². The Bertz CT molecular complexity index is 770. The van der Waals surface area contributed by atoms with Gasteiger partial charge < -0.3 is 15.1 Å². The van der Waals surface area contributed by atoms with E-state index in [1.165, 1.54) is 6.92 Å². The Morgan fingerprint density at radius 2 is 1.63 bits per heavy atom. The third kappa shape index (κ3) is 5.58. The zero-order chi connectivity index (χ0) is 19.8. The second kappa shape index (κ2) is 9.76. The summed E-state index contributed by atoms with van der Waals surface area (Å²) in [4.78, 5) is 28.2. The van der Waals surface area contributed by atoms with Gasteiger partial charge in [-0.05, 0) is 56.7 Å². The number of para-hydroxylation sites is 1. The van der Waals surface area contributed by atoms with Gasteiger partial charge in [-0.2, -0.15) is 0 Å². The van der Waals surface area contributed by atoms with Gasteiger partial charge in [-0.3, -0.25) is 9.59 Å².